The Bertz CT molecular complexity index is 1340. The number of benzene rings is 2. The van der Waals surface area contributed by atoms with E-state index < -0.39 is 18.6 Å². The number of nitriles is 1. The maximum absolute atomic E-state index is 13.5. The van der Waals surface area contributed by atoms with Crippen LogP contribution in [-0.2, 0) is 6.54 Å². The van der Waals surface area contributed by atoms with Crippen molar-refractivity contribution in [1.82, 2.24) is 15.0 Å². The Labute approximate surface area is 186 Å². The van der Waals surface area contributed by atoms with Crippen molar-refractivity contribution in [2.45, 2.75) is 19.6 Å². The zero-order valence-corrected chi connectivity index (χ0v) is 17.4. The molecule has 0 aliphatic rings. The number of amides is 1. The largest absolute Gasteiger partial charge is 0.406 e. The zero-order valence-electron chi connectivity index (χ0n) is 17.4. The summed E-state index contributed by atoms with van der Waals surface area (Å²) in [6.45, 7) is -0.138. The normalized spacial score (nSPS) is 11.4. The van der Waals surface area contributed by atoms with Crippen molar-refractivity contribution in [2.24, 2.45) is 0 Å². The molecule has 2 aromatic heterocycles. The molecule has 0 atom stereocenters. The van der Waals surface area contributed by atoms with Crippen molar-refractivity contribution in [3.05, 3.63) is 83.0 Å². The highest BCUT2D eigenvalue weighted by atomic mass is 19.4. The number of hydrogen-bond donors (Lipinski definition) is 0. The van der Waals surface area contributed by atoms with E-state index in [1.54, 1.807) is 31.2 Å². The topological polar surface area (TPSA) is 83.0 Å². The molecule has 0 fully saturated rings. The Morgan fingerprint density at radius 3 is 2.45 bits per heavy atom. The summed E-state index contributed by atoms with van der Waals surface area (Å²) in [6.07, 6.45) is -4.61. The summed E-state index contributed by atoms with van der Waals surface area (Å²) in [5.74, 6) is -0.826. The SMILES string of the molecule is Cc1noc2nc(-c3ccccc3)cc(C(=O)N(Cc3ccc(C#N)cc3)CC(F)(F)F)c12. The fraction of sp³-hybridized carbons (Fsp3) is 0.167. The summed E-state index contributed by atoms with van der Waals surface area (Å²) in [5, 5.41) is 13.1. The van der Waals surface area contributed by atoms with Crippen molar-refractivity contribution in [3.63, 3.8) is 0 Å². The van der Waals surface area contributed by atoms with Crippen molar-refractivity contribution in [2.75, 3.05) is 6.54 Å². The summed E-state index contributed by atoms with van der Waals surface area (Å²) in [6, 6.07) is 18.4. The van der Waals surface area contributed by atoms with E-state index in [1.807, 2.05) is 12.1 Å². The summed E-state index contributed by atoms with van der Waals surface area (Å²) in [4.78, 5) is 18.6. The maximum Gasteiger partial charge on any atom is 0.406 e. The maximum atomic E-state index is 13.5. The van der Waals surface area contributed by atoms with Gasteiger partial charge in [0.05, 0.1) is 34.0 Å². The number of hydrogen-bond acceptors (Lipinski definition) is 5. The van der Waals surface area contributed by atoms with E-state index in [1.165, 1.54) is 30.3 Å². The van der Waals surface area contributed by atoms with Crippen molar-refractivity contribution in [1.29, 1.82) is 5.26 Å². The van der Waals surface area contributed by atoms with Gasteiger partial charge in [-0.15, -0.1) is 0 Å². The third-order valence-corrected chi connectivity index (χ3v) is 5.03. The lowest BCUT2D eigenvalue weighted by atomic mass is 10.0. The van der Waals surface area contributed by atoms with Gasteiger partial charge in [0.25, 0.3) is 11.6 Å². The summed E-state index contributed by atoms with van der Waals surface area (Å²) < 4.78 is 45.4. The number of carbonyl (C=O) groups is 1. The number of carbonyl (C=O) groups excluding carboxylic acids is 1. The fourth-order valence-electron chi connectivity index (χ4n) is 3.51. The number of nitrogens with zero attached hydrogens (tertiary/aromatic N) is 4. The second-order valence-corrected chi connectivity index (χ2v) is 7.45. The predicted molar refractivity (Wildman–Crippen MR) is 114 cm³/mol. The van der Waals surface area contributed by atoms with Gasteiger partial charge >= 0.3 is 6.18 Å². The Hall–Kier alpha value is -4.19. The van der Waals surface area contributed by atoms with Gasteiger partial charge in [0.15, 0.2) is 0 Å². The van der Waals surface area contributed by atoms with Gasteiger partial charge in [-0.2, -0.15) is 18.4 Å². The van der Waals surface area contributed by atoms with Crippen LogP contribution >= 0.6 is 0 Å². The van der Waals surface area contributed by atoms with Crippen molar-refractivity contribution < 1.29 is 22.5 Å². The molecule has 2 heterocycles. The van der Waals surface area contributed by atoms with E-state index in [0.29, 0.717) is 28.1 Å². The molecule has 0 aliphatic carbocycles. The molecule has 0 spiro atoms. The van der Waals surface area contributed by atoms with Crippen LogP contribution in [0.1, 0.15) is 27.2 Å². The molecule has 0 saturated heterocycles. The molecule has 2 aromatic carbocycles. The summed E-state index contributed by atoms with van der Waals surface area (Å²) in [5.41, 5.74) is 2.34. The Kier molecular flexibility index (Phi) is 5.84. The molecular formula is C24H17F3N4O2. The molecular weight excluding hydrogens is 433 g/mol. The van der Waals surface area contributed by atoms with E-state index >= 15 is 0 Å². The van der Waals surface area contributed by atoms with Crippen molar-refractivity contribution in [3.8, 4) is 17.3 Å². The Morgan fingerprint density at radius 2 is 1.82 bits per heavy atom. The van der Waals surface area contributed by atoms with Crippen LogP contribution < -0.4 is 0 Å². The third kappa shape index (κ3) is 4.85. The van der Waals surface area contributed by atoms with Gasteiger partial charge in [0.2, 0.25) is 0 Å². The first-order chi connectivity index (χ1) is 15.7. The summed E-state index contributed by atoms with van der Waals surface area (Å²) >= 11 is 0. The van der Waals surface area contributed by atoms with Crippen LogP contribution in [0.5, 0.6) is 0 Å². The van der Waals surface area contributed by atoms with Gasteiger partial charge in [-0.25, -0.2) is 4.98 Å². The van der Waals surface area contributed by atoms with Crippen LogP contribution in [0.4, 0.5) is 13.2 Å². The predicted octanol–water partition coefficient (Wildman–Crippen LogP) is 5.27. The van der Waals surface area contributed by atoms with E-state index in [4.69, 9.17) is 9.78 Å². The molecule has 9 heteroatoms. The monoisotopic (exact) mass is 450 g/mol. The first kappa shape index (κ1) is 22.0. The van der Waals surface area contributed by atoms with E-state index in [2.05, 4.69) is 10.1 Å². The van der Waals surface area contributed by atoms with Crippen LogP contribution in [-0.4, -0.2) is 33.7 Å². The molecule has 1 amide bonds. The molecule has 4 aromatic rings. The van der Waals surface area contributed by atoms with Gasteiger partial charge in [0, 0.05) is 12.1 Å². The highest BCUT2D eigenvalue weighted by Crippen LogP contribution is 2.29. The number of fused-ring (bicyclic) bond motifs is 1. The minimum absolute atomic E-state index is 0.0236. The average molecular weight is 450 g/mol. The molecule has 0 saturated carbocycles. The van der Waals surface area contributed by atoms with Crippen molar-refractivity contribution >= 4 is 17.0 Å². The molecule has 0 bridgehead atoms. The number of alkyl halides is 3. The highest BCUT2D eigenvalue weighted by molar-refractivity contribution is 6.07. The molecule has 0 unspecified atom stereocenters. The van der Waals surface area contributed by atoms with Gasteiger partial charge in [-0.3, -0.25) is 4.79 Å². The van der Waals surface area contributed by atoms with E-state index in [-0.39, 0.29) is 23.2 Å². The molecule has 0 radical (unpaired) electrons. The highest BCUT2D eigenvalue weighted by Gasteiger charge is 2.34. The second kappa shape index (κ2) is 8.74. The number of halogens is 3. The lowest BCUT2D eigenvalue weighted by molar-refractivity contribution is -0.141. The smallest absolute Gasteiger partial charge is 0.335 e. The Morgan fingerprint density at radius 1 is 1.12 bits per heavy atom. The molecule has 4 rings (SSSR count). The average Bonchev–Trinajstić information content (AvgIpc) is 3.18. The van der Waals surface area contributed by atoms with Gasteiger partial charge < -0.3 is 9.42 Å². The molecule has 166 valence electrons. The first-order valence-corrected chi connectivity index (χ1v) is 9.92. The van der Waals surface area contributed by atoms with Gasteiger partial charge in [-0.05, 0) is 30.7 Å². The minimum atomic E-state index is -4.61. The van der Waals surface area contributed by atoms with Crippen LogP contribution in [0.2, 0.25) is 0 Å². The molecule has 0 N–H and O–H groups in total. The quantitative estimate of drug-likeness (QED) is 0.413. The Balaban J connectivity index is 1.79. The zero-order chi connectivity index (χ0) is 23.6. The number of pyridine rings is 1. The summed E-state index contributed by atoms with van der Waals surface area (Å²) in [7, 11) is 0. The van der Waals surface area contributed by atoms with Gasteiger partial charge in [-0.1, -0.05) is 47.6 Å². The lowest BCUT2D eigenvalue weighted by Gasteiger charge is -2.24. The number of aryl methyl sites for hydroxylation is 1. The molecule has 0 aliphatic heterocycles. The molecule has 6 nitrogen and oxygen atoms in total. The standard InChI is InChI=1S/C24H17F3N4O2/c1-15-21-19(11-20(29-22(21)33-30-15)18-5-3-2-4-6-18)23(32)31(14-24(25,26)27)13-17-9-7-16(12-28)8-10-17/h2-11H,13-14H2,1H3. The fourth-order valence-corrected chi connectivity index (χ4v) is 3.51. The molecule has 33 heavy (non-hydrogen) atoms. The van der Waals surface area contributed by atoms with Crippen LogP contribution in [0, 0.1) is 18.3 Å². The second-order valence-electron chi connectivity index (χ2n) is 7.45. The van der Waals surface area contributed by atoms with Crippen LogP contribution in [0.25, 0.3) is 22.4 Å². The lowest BCUT2D eigenvalue weighted by Crippen LogP contribution is -2.38. The van der Waals surface area contributed by atoms with E-state index in [9.17, 15) is 18.0 Å². The van der Waals surface area contributed by atoms with Crippen LogP contribution in [0.3, 0.4) is 0 Å². The van der Waals surface area contributed by atoms with E-state index in [0.717, 1.165) is 4.90 Å². The van der Waals surface area contributed by atoms with Crippen LogP contribution in [0.15, 0.2) is 65.2 Å². The minimum Gasteiger partial charge on any atom is -0.335 e. The first-order valence-electron chi connectivity index (χ1n) is 9.92. The number of rotatable bonds is 5. The number of aromatic nitrogens is 2. The van der Waals surface area contributed by atoms with Gasteiger partial charge in [0.1, 0.15) is 6.54 Å². The third-order valence-electron chi connectivity index (χ3n) is 5.03.